The third-order valence-corrected chi connectivity index (χ3v) is 3.42. The van der Waals surface area contributed by atoms with Crippen LogP contribution in [0, 0.1) is 0 Å². The first kappa shape index (κ1) is 15.5. The van der Waals surface area contributed by atoms with Gasteiger partial charge in [0.05, 0.1) is 11.6 Å². The van der Waals surface area contributed by atoms with Gasteiger partial charge in [-0.3, -0.25) is 9.69 Å². The molecule has 18 heavy (non-hydrogen) atoms. The van der Waals surface area contributed by atoms with Crippen LogP contribution in [0.4, 0.5) is 0 Å². The molecule has 0 unspecified atom stereocenters. The topological polar surface area (TPSA) is 20.3 Å². The van der Waals surface area contributed by atoms with Crippen molar-refractivity contribution in [3.05, 3.63) is 33.8 Å². The second-order valence-corrected chi connectivity index (χ2v) is 5.11. The van der Waals surface area contributed by atoms with Crippen molar-refractivity contribution in [3.63, 3.8) is 0 Å². The van der Waals surface area contributed by atoms with Crippen LogP contribution in [-0.2, 0) is 0 Å². The third-order valence-electron chi connectivity index (χ3n) is 2.87. The molecule has 0 heterocycles. The fourth-order valence-electron chi connectivity index (χ4n) is 1.73. The standard InChI is InChI=1S/C14H19Cl2NO/c1-3-5-8-17(4-2)10-14(18)12-7-6-11(15)9-13(12)16/h6-7,9H,3-5,8,10H2,1-2H3. The van der Waals surface area contributed by atoms with Crippen LogP contribution in [0.15, 0.2) is 18.2 Å². The first-order valence-electron chi connectivity index (χ1n) is 6.29. The molecule has 0 bridgehead atoms. The van der Waals surface area contributed by atoms with Crippen molar-refractivity contribution in [1.29, 1.82) is 0 Å². The van der Waals surface area contributed by atoms with E-state index in [0.29, 0.717) is 22.2 Å². The largest absolute Gasteiger partial charge is 0.296 e. The van der Waals surface area contributed by atoms with Crippen LogP contribution < -0.4 is 0 Å². The van der Waals surface area contributed by atoms with Crippen molar-refractivity contribution in [2.45, 2.75) is 26.7 Å². The highest BCUT2D eigenvalue weighted by atomic mass is 35.5. The van der Waals surface area contributed by atoms with Crippen molar-refractivity contribution in [3.8, 4) is 0 Å². The first-order chi connectivity index (χ1) is 8.58. The lowest BCUT2D eigenvalue weighted by molar-refractivity contribution is 0.0933. The molecule has 0 N–H and O–H groups in total. The van der Waals surface area contributed by atoms with E-state index < -0.39 is 0 Å². The van der Waals surface area contributed by atoms with Crippen molar-refractivity contribution >= 4 is 29.0 Å². The Morgan fingerprint density at radius 2 is 2.00 bits per heavy atom. The van der Waals surface area contributed by atoms with Gasteiger partial charge < -0.3 is 0 Å². The summed E-state index contributed by atoms with van der Waals surface area (Å²) in [5.41, 5.74) is 0.552. The zero-order valence-electron chi connectivity index (χ0n) is 10.9. The predicted octanol–water partition coefficient (Wildman–Crippen LogP) is 4.30. The zero-order chi connectivity index (χ0) is 13.5. The fourth-order valence-corrected chi connectivity index (χ4v) is 2.25. The van der Waals surface area contributed by atoms with Crippen molar-refractivity contribution in [2.75, 3.05) is 19.6 Å². The molecule has 0 aliphatic carbocycles. The second-order valence-electron chi connectivity index (χ2n) is 4.27. The van der Waals surface area contributed by atoms with E-state index in [1.165, 1.54) is 0 Å². The van der Waals surface area contributed by atoms with Crippen LogP contribution in [0.5, 0.6) is 0 Å². The number of carbonyl (C=O) groups is 1. The van der Waals surface area contributed by atoms with Gasteiger partial charge in [-0.25, -0.2) is 0 Å². The molecule has 0 fully saturated rings. The molecule has 0 saturated carbocycles. The number of halogens is 2. The number of Topliss-reactive ketones (excluding diaryl/α,β-unsaturated/α-hetero) is 1. The van der Waals surface area contributed by atoms with Gasteiger partial charge in [0.25, 0.3) is 0 Å². The molecule has 0 atom stereocenters. The lowest BCUT2D eigenvalue weighted by Gasteiger charge is -2.19. The van der Waals surface area contributed by atoms with Crippen LogP contribution in [-0.4, -0.2) is 30.3 Å². The molecule has 0 aliphatic heterocycles. The molecule has 0 aromatic heterocycles. The summed E-state index contributed by atoms with van der Waals surface area (Å²) < 4.78 is 0. The van der Waals surface area contributed by atoms with Crippen LogP contribution >= 0.6 is 23.2 Å². The molecule has 1 rings (SSSR count). The summed E-state index contributed by atoms with van der Waals surface area (Å²) in [6.07, 6.45) is 2.24. The number of likely N-dealkylation sites (N-methyl/N-ethyl adjacent to an activating group) is 1. The molecule has 0 saturated heterocycles. The number of unbranched alkanes of at least 4 members (excludes halogenated alkanes) is 1. The van der Waals surface area contributed by atoms with Gasteiger partial charge in [-0.2, -0.15) is 0 Å². The average Bonchev–Trinajstić information content (AvgIpc) is 2.34. The minimum atomic E-state index is 0.0506. The lowest BCUT2D eigenvalue weighted by atomic mass is 10.1. The van der Waals surface area contributed by atoms with Crippen molar-refractivity contribution < 1.29 is 4.79 Å². The Kier molecular flexibility index (Phi) is 6.69. The normalized spacial score (nSPS) is 10.9. The molecule has 4 heteroatoms. The van der Waals surface area contributed by atoms with Gasteiger partial charge in [0.2, 0.25) is 0 Å². The van der Waals surface area contributed by atoms with E-state index in [9.17, 15) is 4.79 Å². The Hall–Kier alpha value is -0.570. The predicted molar refractivity (Wildman–Crippen MR) is 77.8 cm³/mol. The molecule has 1 aromatic rings. The van der Waals surface area contributed by atoms with Gasteiger partial charge in [0, 0.05) is 10.6 Å². The number of hydrogen-bond donors (Lipinski definition) is 0. The number of nitrogens with zero attached hydrogens (tertiary/aromatic N) is 1. The molecule has 1 aromatic carbocycles. The van der Waals surface area contributed by atoms with Gasteiger partial charge in [0.15, 0.2) is 5.78 Å². The first-order valence-corrected chi connectivity index (χ1v) is 7.04. The number of rotatable bonds is 7. The summed E-state index contributed by atoms with van der Waals surface area (Å²) in [6, 6.07) is 5.00. The molecule has 0 radical (unpaired) electrons. The molecule has 0 amide bonds. The summed E-state index contributed by atoms with van der Waals surface area (Å²) in [4.78, 5) is 14.3. The quantitative estimate of drug-likeness (QED) is 0.697. The number of carbonyl (C=O) groups excluding carboxylic acids is 1. The summed E-state index contributed by atoms with van der Waals surface area (Å²) in [6.45, 7) is 6.44. The van der Waals surface area contributed by atoms with E-state index in [1.54, 1.807) is 18.2 Å². The molecule has 0 spiro atoms. The monoisotopic (exact) mass is 287 g/mol. The van der Waals surface area contributed by atoms with Crippen molar-refractivity contribution in [1.82, 2.24) is 4.90 Å². The summed E-state index contributed by atoms with van der Waals surface area (Å²) in [7, 11) is 0. The Morgan fingerprint density at radius 1 is 1.28 bits per heavy atom. The minimum absolute atomic E-state index is 0.0506. The third kappa shape index (κ3) is 4.60. The Morgan fingerprint density at radius 3 is 2.56 bits per heavy atom. The number of hydrogen-bond acceptors (Lipinski definition) is 2. The van der Waals surface area contributed by atoms with Gasteiger partial charge in [-0.1, -0.05) is 43.5 Å². The summed E-state index contributed by atoms with van der Waals surface area (Å²) in [5, 5.41) is 0.980. The number of ketones is 1. The SMILES string of the molecule is CCCCN(CC)CC(=O)c1ccc(Cl)cc1Cl. The van der Waals surface area contributed by atoms with E-state index >= 15 is 0 Å². The molecular formula is C14H19Cl2NO. The summed E-state index contributed by atoms with van der Waals surface area (Å²) in [5.74, 6) is 0.0506. The smallest absolute Gasteiger partial charge is 0.178 e. The maximum absolute atomic E-state index is 12.1. The minimum Gasteiger partial charge on any atom is -0.296 e. The Labute approximate surface area is 119 Å². The molecule has 2 nitrogen and oxygen atoms in total. The molecular weight excluding hydrogens is 269 g/mol. The Bertz CT molecular complexity index is 407. The van der Waals surface area contributed by atoms with Gasteiger partial charge in [-0.05, 0) is 37.7 Å². The van der Waals surface area contributed by atoms with E-state index in [2.05, 4.69) is 18.7 Å². The van der Waals surface area contributed by atoms with Crippen LogP contribution in [0.2, 0.25) is 10.0 Å². The lowest BCUT2D eigenvalue weighted by Crippen LogP contribution is -2.30. The Balaban J connectivity index is 2.68. The second kappa shape index (κ2) is 7.78. The average molecular weight is 288 g/mol. The van der Waals surface area contributed by atoms with E-state index in [-0.39, 0.29) is 5.78 Å². The number of benzene rings is 1. The van der Waals surface area contributed by atoms with Gasteiger partial charge >= 0.3 is 0 Å². The van der Waals surface area contributed by atoms with E-state index in [1.807, 2.05) is 0 Å². The molecule has 100 valence electrons. The maximum Gasteiger partial charge on any atom is 0.178 e. The highest BCUT2D eigenvalue weighted by Crippen LogP contribution is 2.21. The van der Waals surface area contributed by atoms with E-state index in [0.717, 1.165) is 25.9 Å². The van der Waals surface area contributed by atoms with E-state index in [4.69, 9.17) is 23.2 Å². The highest BCUT2D eigenvalue weighted by Gasteiger charge is 2.14. The maximum atomic E-state index is 12.1. The van der Waals surface area contributed by atoms with Gasteiger partial charge in [-0.15, -0.1) is 0 Å². The van der Waals surface area contributed by atoms with Gasteiger partial charge in [0.1, 0.15) is 0 Å². The summed E-state index contributed by atoms with van der Waals surface area (Å²) >= 11 is 11.8. The molecule has 0 aliphatic rings. The fraction of sp³-hybridized carbons (Fsp3) is 0.500. The van der Waals surface area contributed by atoms with Crippen LogP contribution in [0.25, 0.3) is 0 Å². The van der Waals surface area contributed by atoms with Crippen molar-refractivity contribution in [2.24, 2.45) is 0 Å². The highest BCUT2D eigenvalue weighted by molar-refractivity contribution is 6.36. The zero-order valence-corrected chi connectivity index (χ0v) is 12.4. The van der Waals surface area contributed by atoms with Crippen LogP contribution in [0.3, 0.4) is 0 Å². The van der Waals surface area contributed by atoms with Crippen LogP contribution in [0.1, 0.15) is 37.0 Å².